The van der Waals surface area contributed by atoms with Crippen molar-refractivity contribution in [1.29, 1.82) is 0 Å². The SMILES string of the molecule is NNc1cc(C2CC2)[nH]n1.Nc1cc(C2CC2)[nH]n1. The maximum atomic E-state index is 5.40. The highest BCUT2D eigenvalue weighted by molar-refractivity contribution is 5.35. The lowest BCUT2D eigenvalue weighted by atomic mass is 10.3. The molecule has 2 aromatic rings. The van der Waals surface area contributed by atoms with E-state index in [0.717, 1.165) is 17.7 Å². The molecule has 2 heterocycles. The summed E-state index contributed by atoms with van der Waals surface area (Å²) in [4.78, 5) is 0. The molecule has 0 amide bonds. The van der Waals surface area contributed by atoms with Crippen LogP contribution in [0.3, 0.4) is 0 Å². The Hall–Kier alpha value is -2.02. The van der Waals surface area contributed by atoms with Crippen LogP contribution in [0.2, 0.25) is 0 Å². The van der Waals surface area contributed by atoms with Gasteiger partial charge in [0.05, 0.1) is 0 Å². The number of nitrogen functional groups attached to an aromatic ring is 2. The summed E-state index contributed by atoms with van der Waals surface area (Å²) < 4.78 is 0. The molecule has 0 radical (unpaired) electrons. The van der Waals surface area contributed by atoms with E-state index in [2.05, 4.69) is 25.8 Å². The van der Waals surface area contributed by atoms with E-state index >= 15 is 0 Å². The van der Waals surface area contributed by atoms with Gasteiger partial charge in [-0.25, -0.2) is 5.84 Å². The highest BCUT2D eigenvalue weighted by atomic mass is 15.3. The van der Waals surface area contributed by atoms with Gasteiger partial charge in [-0.15, -0.1) is 0 Å². The Bertz CT molecular complexity index is 536. The van der Waals surface area contributed by atoms with Gasteiger partial charge in [0.2, 0.25) is 0 Å². The molecule has 4 rings (SSSR count). The number of rotatable bonds is 3. The first kappa shape index (κ1) is 12.0. The maximum Gasteiger partial charge on any atom is 0.162 e. The Kier molecular flexibility index (Phi) is 3.12. The molecule has 2 aromatic heterocycles. The van der Waals surface area contributed by atoms with Crippen molar-refractivity contribution >= 4 is 11.6 Å². The van der Waals surface area contributed by atoms with Crippen molar-refractivity contribution in [1.82, 2.24) is 20.4 Å². The Morgan fingerprint density at radius 2 is 1.58 bits per heavy atom. The highest BCUT2D eigenvalue weighted by Gasteiger charge is 2.25. The van der Waals surface area contributed by atoms with Crippen molar-refractivity contribution in [3.05, 3.63) is 23.5 Å². The summed E-state index contributed by atoms with van der Waals surface area (Å²) in [6.07, 6.45) is 5.15. The third kappa shape index (κ3) is 3.05. The fraction of sp³-hybridized carbons (Fsp3) is 0.500. The molecule has 0 spiro atoms. The largest absolute Gasteiger partial charge is 0.382 e. The van der Waals surface area contributed by atoms with Crippen molar-refractivity contribution in [3.63, 3.8) is 0 Å². The molecule has 2 aliphatic carbocycles. The van der Waals surface area contributed by atoms with E-state index in [4.69, 9.17) is 11.6 Å². The first-order valence-corrected chi connectivity index (χ1v) is 6.59. The number of hydrazine groups is 1. The van der Waals surface area contributed by atoms with Crippen molar-refractivity contribution in [2.75, 3.05) is 11.2 Å². The molecule has 2 fully saturated rings. The van der Waals surface area contributed by atoms with Crippen LogP contribution >= 0.6 is 0 Å². The van der Waals surface area contributed by atoms with E-state index in [1.807, 2.05) is 12.1 Å². The van der Waals surface area contributed by atoms with Crippen LogP contribution in [0.15, 0.2) is 12.1 Å². The molecule has 7 nitrogen and oxygen atoms in total. The third-order valence-corrected chi connectivity index (χ3v) is 3.40. The van der Waals surface area contributed by atoms with Gasteiger partial charge in [0.25, 0.3) is 0 Å². The average Bonchev–Trinajstić information content (AvgIpc) is 3.35. The van der Waals surface area contributed by atoms with Gasteiger partial charge in [0.1, 0.15) is 5.82 Å². The topological polar surface area (TPSA) is 121 Å². The van der Waals surface area contributed by atoms with Gasteiger partial charge in [-0.2, -0.15) is 10.2 Å². The molecular formula is C12H19N7. The molecule has 0 atom stereocenters. The van der Waals surface area contributed by atoms with Crippen LogP contribution < -0.4 is 17.0 Å². The molecule has 0 unspecified atom stereocenters. The number of nitrogens with one attached hydrogen (secondary N) is 3. The molecule has 2 saturated carbocycles. The molecule has 0 aliphatic heterocycles. The van der Waals surface area contributed by atoms with E-state index in [1.54, 1.807) is 0 Å². The van der Waals surface area contributed by atoms with Gasteiger partial charge in [-0.1, -0.05) is 0 Å². The molecule has 2 aliphatic rings. The lowest BCUT2D eigenvalue weighted by Crippen LogP contribution is -2.06. The number of nitrogens with two attached hydrogens (primary N) is 2. The minimum Gasteiger partial charge on any atom is -0.382 e. The standard InChI is InChI=1S/C6H10N4.C6H9N3/c7-8-6-3-5(9-10-6)4-1-2-4;7-6-3-5(8-9-6)4-1-2-4/h3-4H,1-2,7H2,(H2,8,9,10);3-4H,1-2H2,(H3,7,8,9). The molecule has 102 valence electrons. The van der Waals surface area contributed by atoms with Crippen molar-refractivity contribution in [2.45, 2.75) is 37.5 Å². The van der Waals surface area contributed by atoms with E-state index in [9.17, 15) is 0 Å². The Labute approximate surface area is 111 Å². The third-order valence-electron chi connectivity index (χ3n) is 3.40. The fourth-order valence-corrected chi connectivity index (χ4v) is 1.97. The van der Waals surface area contributed by atoms with Crippen molar-refractivity contribution in [2.24, 2.45) is 5.84 Å². The Morgan fingerprint density at radius 3 is 2.00 bits per heavy atom. The van der Waals surface area contributed by atoms with Crippen molar-refractivity contribution in [3.8, 4) is 0 Å². The highest BCUT2D eigenvalue weighted by Crippen LogP contribution is 2.39. The fourth-order valence-electron chi connectivity index (χ4n) is 1.97. The van der Waals surface area contributed by atoms with Crippen LogP contribution in [-0.4, -0.2) is 20.4 Å². The number of aromatic amines is 2. The number of hydrogen-bond acceptors (Lipinski definition) is 5. The van der Waals surface area contributed by atoms with Gasteiger partial charge in [-0.3, -0.25) is 10.2 Å². The summed E-state index contributed by atoms with van der Waals surface area (Å²) in [5, 5.41) is 13.6. The van der Waals surface area contributed by atoms with E-state index in [1.165, 1.54) is 37.1 Å². The molecule has 19 heavy (non-hydrogen) atoms. The molecule has 0 saturated heterocycles. The van der Waals surface area contributed by atoms with E-state index in [0.29, 0.717) is 5.82 Å². The number of H-pyrrole nitrogens is 2. The van der Waals surface area contributed by atoms with Gasteiger partial charge in [0, 0.05) is 35.4 Å². The predicted molar refractivity (Wildman–Crippen MR) is 73.3 cm³/mol. The predicted octanol–water partition coefficient (Wildman–Crippen LogP) is 1.44. The Morgan fingerprint density at radius 1 is 1.00 bits per heavy atom. The second kappa shape index (κ2) is 4.93. The van der Waals surface area contributed by atoms with Crippen LogP contribution in [0, 0.1) is 0 Å². The first-order chi connectivity index (χ1) is 9.26. The summed E-state index contributed by atoms with van der Waals surface area (Å²) in [5.41, 5.74) is 10.3. The quantitative estimate of drug-likeness (QED) is 0.423. The van der Waals surface area contributed by atoms with Crippen LogP contribution in [-0.2, 0) is 0 Å². The van der Waals surface area contributed by atoms with Gasteiger partial charge in [0.15, 0.2) is 5.82 Å². The van der Waals surface area contributed by atoms with Gasteiger partial charge < -0.3 is 11.2 Å². The van der Waals surface area contributed by atoms with E-state index < -0.39 is 0 Å². The summed E-state index contributed by atoms with van der Waals surface area (Å²) >= 11 is 0. The second-order valence-electron chi connectivity index (χ2n) is 5.15. The molecule has 0 bridgehead atoms. The zero-order valence-electron chi connectivity index (χ0n) is 10.7. The molecule has 7 heteroatoms. The van der Waals surface area contributed by atoms with Crippen LogP contribution in [0.5, 0.6) is 0 Å². The smallest absolute Gasteiger partial charge is 0.162 e. The Balaban J connectivity index is 0.000000117. The second-order valence-corrected chi connectivity index (χ2v) is 5.15. The minimum absolute atomic E-state index is 0.608. The molecular weight excluding hydrogens is 242 g/mol. The summed E-state index contributed by atoms with van der Waals surface area (Å²) in [6, 6.07) is 3.87. The van der Waals surface area contributed by atoms with Gasteiger partial charge in [-0.05, 0) is 25.7 Å². The zero-order chi connectivity index (χ0) is 13.2. The van der Waals surface area contributed by atoms with Crippen LogP contribution in [0.1, 0.15) is 48.9 Å². The lowest BCUT2D eigenvalue weighted by Gasteiger charge is -1.86. The number of hydrogen-bond donors (Lipinski definition) is 5. The number of nitrogens with zero attached hydrogens (tertiary/aromatic N) is 2. The summed E-state index contributed by atoms with van der Waals surface area (Å²) in [7, 11) is 0. The zero-order valence-corrected chi connectivity index (χ0v) is 10.7. The monoisotopic (exact) mass is 261 g/mol. The maximum absolute atomic E-state index is 5.40. The van der Waals surface area contributed by atoms with Crippen LogP contribution in [0.4, 0.5) is 11.6 Å². The minimum atomic E-state index is 0.608. The lowest BCUT2D eigenvalue weighted by molar-refractivity contribution is 0.964. The van der Waals surface area contributed by atoms with Gasteiger partial charge >= 0.3 is 0 Å². The molecule has 0 aromatic carbocycles. The van der Waals surface area contributed by atoms with Crippen molar-refractivity contribution < 1.29 is 0 Å². The van der Waals surface area contributed by atoms with E-state index in [-0.39, 0.29) is 0 Å². The molecule has 7 N–H and O–H groups in total. The average molecular weight is 261 g/mol. The number of anilines is 2. The summed E-state index contributed by atoms with van der Waals surface area (Å²) in [5.74, 6) is 7.93. The first-order valence-electron chi connectivity index (χ1n) is 6.59. The summed E-state index contributed by atoms with van der Waals surface area (Å²) in [6.45, 7) is 0. The number of aromatic nitrogens is 4. The van der Waals surface area contributed by atoms with Crippen LogP contribution in [0.25, 0.3) is 0 Å². The normalized spacial score (nSPS) is 17.7.